The van der Waals surface area contributed by atoms with Gasteiger partial charge >= 0.3 is 0 Å². The molecular formula is C15H14BrN5O. The Kier molecular flexibility index (Phi) is 3.15. The van der Waals surface area contributed by atoms with E-state index in [4.69, 9.17) is 10.2 Å². The smallest absolute Gasteiger partial charge is 0.241 e. The van der Waals surface area contributed by atoms with Crippen molar-refractivity contribution in [3.63, 3.8) is 0 Å². The highest BCUT2D eigenvalue weighted by Crippen LogP contribution is 2.38. The van der Waals surface area contributed by atoms with Crippen molar-refractivity contribution in [1.82, 2.24) is 14.8 Å². The van der Waals surface area contributed by atoms with Crippen LogP contribution in [0.1, 0.15) is 29.8 Å². The van der Waals surface area contributed by atoms with Gasteiger partial charge in [0.1, 0.15) is 11.8 Å². The SMILES string of the molecule is Nc1nc2n(n1)[C@H](c1ccco1)C[C@H](c1ccc(Br)cc1)N2. The minimum Gasteiger partial charge on any atom is -0.467 e. The average molecular weight is 360 g/mol. The van der Waals surface area contributed by atoms with Crippen molar-refractivity contribution in [2.24, 2.45) is 0 Å². The second-order valence-electron chi connectivity index (χ2n) is 5.25. The quantitative estimate of drug-likeness (QED) is 0.732. The highest BCUT2D eigenvalue weighted by molar-refractivity contribution is 9.10. The van der Waals surface area contributed by atoms with Crippen LogP contribution in [0.25, 0.3) is 0 Å². The Morgan fingerprint density at radius 1 is 1.27 bits per heavy atom. The number of fused-ring (bicyclic) bond motifs is 1. The van der Waals surface area contributed by atoms with Gasteiger partial charge in [-0.25, -0.2) is 4.68 Å². The molecule has 0 saturated carbocycles. The van der Waals surface area contributed by atoms with Crippen LogP contribution in [0, 0.1) is 0 Å². The van der Waals surface area contributed by atoms with Crippen LogP contribution in [-0.4, -0.2) is 14.8 Å². The third kappa shape index (κ3) is 2.27. The third-order valence-electron chi connectivity index (χ3n) is 3.85. The standard InChI is InChI=1S/C15H14BrN5O/c16-10-5-3-9(4-6-10)11-8-12(13-2-1-7-22-13)21-15(18-11)19-14(17)20-21/h1-7,11-12H,8H2,(H3,17,18,19,20)/t11-,12+/m1/s1. The van der Waals surface area contributed by atoms with E-state index in [-0.39, 0.29) is 18.0 Å². The maximum atomic E-state index is 5.76. The first kappa shape index (κ1) is 13.4. The Morgan fingerprint density at radius 3 is 2.82 bits per heavy atom. The molecule has 0 spiro atoms. The number of furan rings is 1. The first-order valence-electron chi connectivity index (χ1n) is 6.98. The molecule has 3 N–H and O–H groups in total. The van der Waals surface area contributed by atoms with Crippen LogP contribution in [0.5, 0.6) is 0 Å². The molecule has 0 saturated heterocycles. The van der Waals surface area contributed by atoms with E-state index in [1.807, 2.05) is 24.3 Å². The van der Waals surface area contributed by atoms with Gasteiger partial charge in [0.15, 0.2) is 0 Å². The van der Waals surface area contributed by atoms with Gasteiger partial charge in [0, 0.05) is 10.9 Å². The molecule has 0 aliphatic carbocycles. The molecule has 1 aliphatic heterocycles. The number of anilines is 2. The van der Waals surface area contributed by atoms with Gasteiger partial charge in [0.25, 0.3) is 0 Å². The zero-order valence-electron chi connectivity index (χ0n) is 11.6. The fourth-order valence-corrected chi connectivity index (χ4v) is 3.09. The minimum absolute atomic E-state index is 0.0234. The van der Waals surface area contributed by atoms with Crippen molar-refractivity contribution in [3.8, 4) is 0 Å². The second kappa shape index (κ2) is 5.17. The number of hydrogen-bond acceptors (Lipinski definition) is 5. The van der Waals surface area contributed by atoms with E-state index in [2.05, 4.69) is 43.5 Å². The molecule has 2 atom stereocenters. The largest absolute Gasteiger partial charge is 0.467 e. The number of benzene rings is 1. The first-order chi connectivity index (χ1) is 10.7. The highest BCUT2D eigenvalue weighted by Gasteiger charge is 2.32. The van der Waals surface area contributed by atoms with Gasteiger partial charge in [-0.15, -0.1) is 5.10 Å². The van der Waals surface area contributed by atoms with Crippen LogP contribution < -0.4 is 11.1 Å². The lowest BCUT2D eigenvalue weighted by Crippen LogP contribution is -2.27. The van der Waals surface area contributed by atoms with E-state index in [0.29, 0.717) is 5.95 Å². The maximum absolute atomic E-state index is 5.76. The van der Waals surface area contributed by atoms with Crippen molar-refractivity contribution in [2.45, 2.75) is 18.5 Å². The molecule has 2 aromatic heterocycles. The molecule has 1 aliphatic rings. The van der Waals surface area contributed by atoms with Gasteiger partial charge in [-0.05, 0) is 29.8 Å². The monoisotopic (exact) mass is 359 g/mol. The van der Waals surface area contributed by atoms with Gasteiger partial charge in [0.05, 0.1) is 12.3 Å². The Bertz CT molecular complexity index is 781. The maximum Gasteiger partial charge on any atom is 0.241 e. The summed E-state index contributed by atoms with van der Waals surface area (Å²) >= 11 is 3.46. The molecule has 0 bridgehead atoms. The Morgan fingerprint density at radius 2 is 2.09 bits per heavy atom. The van der Waals surface area contributed by atoms with E-state index in [9.17, 15) is 0 Å². The number of nitrogens with one attached hydrogen (secondary N) is 1. The normalized spacial score (nSPS) is 20.4. The summed E-state index contributed by atoms with van der Waals surface area (Å²) in [7, 11) is 0. The van der Waals surface area contributed by atoms with Gasteiger partial charge in [-0.1, -0.05) is 28.1 Å². The van der Waals surface area contributed by atoms with Crippen LogP contribution in [0.15, 0.2) is 51.6 Å². The van der Waals surface area contributed by atoms with E-state index in [1.54, 1.807) is 10.9 Å². The molecule has 112 valence electrons. The van der Waals surface area contributed by atoms with E-state index in [0.717, 1.165) is 16.7 Å². The fourth-order valence-electron chi connectivity index (χ4n) is 2.83. The molecular weight excluding hydrogens is 346 g/mol. The van der Waals surface area contributed by atoms with Crippen molar-refractivity contribution in [2.75, 3.05) is 11.1 Å². The predicted octanol–water partition coefficient (Wildman–Crippen LogP) is 3.36. The number of nitrogens with two attached hydrogens (primary N) is 1. The van der Waals surface area contributed by atoms with Gasteiger partial charge in [0.2, 0.25) is 11.9 Å². The Balaban J connectivity index is 1.74. The van der Waals surface area contributed by atoms with Crippen molar-refractivity contribution in [1.29, 1.82) is 0 Å². The fraction of sp³-hybridized carbons (Fsp3) is 0.200. The molecule has 0 fully saturated rings. The van der Waals surface area contributed by atoms with Crippen LogP contribution in [0.4, 0.5) is 11.9 Å². The van der Waals surface area contributed by atoms with Gasteiger partial charge in [-0.2, -0.15) is 4.98 Å². The number of aromatic nitrogens is 3. The lowest BCUT2D eigenvalue weighted by atomic mass is 9.96. The molecule has 1 aromatic carbocycles. The third-order valence-corrected chi connectivity index (χ3v) is 4.38. The van der Waals surface area contributed by atoms with Gasteiger partial charge in [-0.3, -0.25) is 0 Å². The zero-order valence-corrected chi connectivity index (χ0v) is 13.2. The van der Waals surface area contributed by atoms with Crippen LogP contribution in [-0.2, 0) is 0 Å². The predicted molar refractivity (Wildman–Crippen MR) is 86.4 cm³/mol. The zero-order chi connectivity index (χ0) is 15.1. The summed E-state index contributed by atoms with van der Waals surface area (Å²) in [6.07, 6.45) is 2.48. The minimum atomic E-state index is -0.0234. The average Bonchev–Trinajstić information content (AvgIpc) is 3.15. The Hall–Kier alpha value is -2.28. The van der Waals surface area contributed by atoms with E-state index >= 15 is 0 Å². The van der Waals surface area contributed by atoms with E-state index < -0.39 is 0 Å². The number of nitrogen functional groups attached to an aromatic ring is 1. The summed E-state index contributed by atoms with van der Waals surface area (Å²) in [5, 5.41) is 7.68. The molecule has 22 heavy (non-hydrogen) atoms. The number of halogens is 1. The number of rotatable bonds is 2. The highest BCUT2D eigenvalue weighted by atomic mass is 79.9. The number of nitrogens with zero attached hydrogens (tertiary/aromatic N) is 3. The molecule has 0 unspecified atom stereocenters. The van der Waals surface area contributed by atoms with Crippen LogP contribution in [0.2, 0.25) is 0 Å². The van der Waals surface area contributed by atoms with E-state index in [1.165, 1.54) is 5.56 Å². The summed E-state index contributed by atoms with van der Waals surface area (Å²) in [4.78, 5) is 4.27. The summed E-state index contributed by atoms with van der Waals surface area (Å²) in [5.74, 6) is 1.78. The van der Waals surface area contributed by atoms with Crippen LogP contribution >= 0.6 is 15.9 Å². The van der Waals surface area contributed by atoms with Crippen molar-refractivity contribution in [3.05, 3.63) is 58.5 Å². The molecule has 4 rings (SSSR count). The molecule has 6 nitrogen and oxygen atoms in total. The summed E-state index contributed by atoms with van der Waals surface area (Å²) in [6, 6.07) is 12.2. The molecule has 3 aromatic rings. The van der Waals surface area contributed by atoms with Gasteiger partial charge < -0.3 is 15.5 Å². The second-order valence-corrected chi connectivity index (χ2v) is 6.17. The molecule has 0 radical (unpaired) electrons. The summed E-state index contributed by atoms with van der Waals surface area (Å²) < 4.78 is 8.43. The van der Waals surface area contributed by atoms with Crippen LogP contribution in [0.3, 0.4) is 0 Å². The number of hydrogen-bond donors (Lipinski definition) is 2. The molecule has 3 heterocycles. The van der Waals surface area contributed by atoms with Crippen molar-refractivity contribution < 1.29 is 4.42 Å². The lowest BCUT2D eigenvalue weighted by molar-refractivity contribution is 0.359. The van der Waals surface area contributed by atoms with Crippen molar-refractivity contribution >= 4 is 27.8 Å². The summed E-state index contributed by atoms with van der Waals surface area (Å²) in [5.41, 5.74) is 6.95. The molecule has 0 amide bonds. The lowest BCUT2D eigenvalue weighted by Gasteiger charge is -2.30. The topological polar surface area (TPSA) is 81.9 Å². The molecule has 7 heteroatoms. The first-order valence-corrected chi connectivity index (χ1v) is 7.77. The summed E-state index contributed by atoms with van der Waals surface area (Å²) in [6.45, 7) is 0. The Labute approximate surface area is 135 Å².